The first-order valence-corrected chi connectivity index (χ1v) is 7.33. The molecule has 1 fully saturated rings. The molecule has 110 valence electrons. The lowest BCUT2D eigenvalue weighted by molar-refractivity contribution is -0.139. The number of hydrogen-bond donors (Lipinski definition) is 1. The van der Waals surface area contributed by atoms with Gasteiger partial charge < -0.3 is 15.4 Å². The molecule has 1 aromatic carbocycles. The van der Waals surface area contributed by atoms with Crippen LogP contribution in [0.25, 0.3) is 0 Å². The maximum Gasteiger partial charge on any atom is 0.249 e. The van der Waals surface area contributed by atoms with Crippen molar-refractivity contribution in [2.45, 2.75) is 32.4 Å². The highest BCUT2D eigenvalue weighted by Gasteiger charge is 2.34. The number of carbonyl (C=O) groups excluding carboxylic acids is 1. The summed E-state index contributed by atoms with van der Waals surface area (Å²) in [7, 11) is 0. The van der Waals surface area contributed by atoms with Gasteiger partial charge in [-0.05, 0) is 31.2 Å². The summed E-state index contributed by atoms with van der Waals surface area (Å²) in [6, 6.07) is 10.4. The Bertz CT molecular complexity index is 418. The van der Waals surface area contributed by atoms with Gasteiger partial charge in [0.1, 0.15) is 6.61 Å². The molecule has 0 saturated heterocycles. The van der Waals surface area contributed by atoms with Gasteiger partial charge in [-0.2, -0.15) is 0 Å². The molecule has 2 rings (SSSR count). The summed E-state index contributed by atoms with van der Waals surface area (Å²) >= 11 is 0. The molecule has 2 N–H and O–H groups in total. The van der Waals surface area contributed by atoms with Crippen molar-refractivity contribution in [1.82, 2.24) is 4.90 Å². The van der Waals surface area contributed by atoms with Crippen LogP contribution in [0.2, 0.25) is 0 Å². The predicted molar refractivity (Wildman–Crippen MR) is 79.1 cm³/mol. The zero-order chi connectivity index (χ0) is 14.4. The molecule has 0 radical (unpaired) electrons. The number of rotatable bonds is 8. The molecule has 0 spiro atoms. The lowest BCUT2D eigenvalue weighted by Crippen LogP contribution is -2.41. The summed E-state index contributed by atoms with van der Waals surface area (Å²) < 4.78 is 5.30. The minimum absolute atomic E-state index is 0.0571. The fraction of sp³-hybridized carbons (Fsp3) is 0.562. The third-order valence-electron chi connectivity index (χ3n) is 3.80. The van der Waals surface area contributed by atoms with Crippen LogP contribution in [0.15, 0.2) is 30.3 Å². The third-order valence-corrected chi connectivity index (χ3v) is 3.80. The fourth-order valence-corrected chi connectivity index (χ4v) is 2.40. The van der Waals surface area contributed by atoms with Crippen molar-refractivity contribution >= 4 is 5.91 Å². The summed E-state index contributed by atoms with van der Waals surface area (Å²) in [5.41, 5.74) is 6.54. The van der Waals surface area contributed by atoms with E-state index in [1.165, 1.54) is 12.8 Å². The van der Waals surface area contributed by atoms with Crippen molar-refractivity contribution in [2.24, 2.45) is 11.7 Å². The van der Waals surface area contributed by atoms with E-state index in [0.717, 1.165) is 5.56 Å². The highest BCUT2D eigenvalue weighted by atomic mass is 16.5. The van der Waals surface area contributed by atoms with Crippen LogP contribution < -0.4 is 5.73 Å². The summed E-state index contributed by atoms with van der Waals surface area (Å²) in [6.07, 6.45) is 2.45. The van der Waals surface area contributed by atoms with Crippen LogP contribution in [0.3, 0.4) is 0 Å². The number of nitrogens with zero attached hydrogens (tertiary/aromatic N) is 1. The topological polar surface area (TPSA) is 55.6 Å². The number of benzene rings is 1. The molecule has 0 aromatic heterocycles. The average Bonchev–Trinajstić information content (AvgIpc) is 3.30. The van der Waals surface area contributed by atoms with Crippen LogP contribution in [0, 0.1) is 5.92 Å². The van der Waals surface area contributed by atoms with Gasteiger partial charge in [0.2, 0.25) is 5.91 Å². The highest BCUT2D eigenvalue weighted by molar-refractivity contribution is 5.77. The van der Waals surface area contributed by atoms with Gasteiger partial charge in [0.15, 0.2) is 0 Å². The Hall–Kier alpha value is -1.39. The van der Waals surface area contributed by atoms with Crippen molar-refractivity contribution in [3.63, 3.8) is 0 Å². The first-order chi connectivity index (χ1) is 9.72. The van der Waals surface area contributed by atoms with Crippen LogP contribution in [0.5, 0.6) is 0 Å². The van der Waals surface area contributed by atoms with Gasteiger partial charge in [-0.1, -0.05) is 30.3 Å². The van der Waals surface area contributed by atoms with E-state index < -0.39 is 0 Å². The Kier molecular flexibility index (Phi) is 5.56. The van der Waals surface area contributed by atoms with Crippen molar-refractivity contribution < 1.29 is 9.53 Å². The second-order valence-electron chi connectivity index (χ2n) is 5.43. The van der Waals surface area contributed by atoms with E-state index in [-0.39, 0.29) is 18.6 Å². The summed E-state index contributed by atoms with van der Waals surface area (Å²) in [5.74, 6) is 0.707. The van der Waals surface area contributed by atoms with Crippen LogP contribution in [0.4, 0.5) is 0 Å². The maximum atomic E-state index is 12.4. The van der Waals surface area contributed by atoms with Gasteiger partial charge in [-0.3, -0.25) is 4.79 Å². The van der Waals surface area contributed by atoms with Crippen molar-refractivity contribution in [3.8, 4) is 0 Å². The first kappa shape index (κ1) is 15.0. The first-order valence-electron chi connectivity index (χ1n) is 7.33. The van der Waals surface area contributed by atoms with Crippen LogP contribution >= 0.6 is 0 Å². The minimum atomic E-state index is 0.0571. The molecule has 1 atom stereocenters. The van der Waals surface area contributed by atoms with Gasteiger partial charge in [0.05, 0.1) is 6.61 Å². The van der Waals surface area contributed by atoms with Gasteiger partial charge >= 0.3 is 0 Å². The van der Waals surface area contributed by atoms with Crippen LogP contribution in [-0.4, -0.2) is 36.6 Å². The third kappa shape index (κ3) is 4.32. The van der Waals surface area contributed by atoms with Gasteiger partial charge in [0, 0.05) is 19.1 Å². The number of carbonyl (C=O) groups is 1. The van der Waals surface area contributed by atoms with Crippen molar-refractivity contribution in [3.05, 3.63) is 35.9 Å². The smallest absolute Gasteiger partial charge is 0.249 e. The SMILES string of the molecule is CC(C1CC1)N(Cc1ccccc1)C(=O)COCCN. The van der Waals surface area contributed by atoms with Gasteiger partial charge in [-0.25, -0.2) is 0 Å². The highest BCUT2D eigenvalue weighted by Crippen LogP contribution is 2.35. The number of hydrogen-bond acceptors (Lipinski definition) is 3. The number of ether oxygens (including phenoxy) is 1. The van der Waals surface area contributed by atoms with E-state index in [9.17, 15) is 4.79 Å². The van der Waals surface area contributed by atoms with E-state index in [1.54, 1.807) is 0 Å². The van der Waals surface area contributed by atoms with Crippen LogP contribution in [0.1, 0.15) is 25.3 Å². The summed E-state index contributed by atoms with van der Waals surface area (Å²) in [4.78, 5) is 14.3. The van der Waals surface area contributed by atoms with E-state index in [2.05, 4.69) is 19.1 Å². The quantitative estimate of drug-likeness (QED) is 0.736. The summed E-state index contributed by atoms with van der Waals surface area (Å²) in [5, 5.41) is 0. The monoisotopic (exact) mass is 276 g/mol. The van der Waals surface area contributed by atoms with Gasteiger partial charge in [0.25, 0.3) is 0 Å². The molecule has 4 heteroatoms. The van der Waals surface area contributed by atoms with E-state index in [4.69, 9.17) is 10.5 Å². The molecule has 1 amide bonds. The fourth-order valence-electron chi connectivity index (χ4n) is 2.40. The van der Waals surface area contributed by atoms with E-state index in [1.807, 2.05) is 23.1 Å². The zero-order valence-electron chi connectivity index (χ0n) is 12.1. The Morgan fingerprint density at radius 2 is 2.10 bits per heavy atom. The van der Waals surface area contributed by atoms with Crippen molar-refractivity contribution in [2.75, 3.05) is 19.8 Å². The second-order valence-corrected chi connectivity index (χ2v) is 5.43. The molecule has 1 aliphatic carbocycles. The molecular formula is C16H24N2O2. The minimum Gasteiger partial charge on any atom is -0.370 e. The number of amides is 1. The second kappa shape index (κ2) is 7.41. The van der Waals surface area contributed by atoms with Gasteiger partial charge in [-0.15, -0.1) is 0 Å². The maximum absolute atomic E-state index is 12.4. The largest absolute Gasteiger partial charge is 0.370 e. The molecule has 0 aliphatic heterocycles. The normalized spacial score (nSPS) is 15.9. The average molecular weight is 276 g/mol. The lowest BCUT2D eigenvalue weighted by atomic mass is 10.1. The van der Waals surface area contributed by atoms with Crippen LogP contribution in [-0.2, 0) is 16.1 Å². The predicted octanol–water partition coefficient (Wildman–Crippen LogP) is 1.79. The molecule has 1 aliphatic rings. The Morgan fingerprint density at radius 3 is 2.70 bits per heavy atom. The molecular weight excluding hydrogens is 252 g/mol. The lowest BCUT2D eigenvalue weighted by Gasteiger charge is -2.29. The van der Waals surface area contributed by atoms with Crippen molar-refractivity contribution in [1.29, 1.82) is 0 Å². The Morgan fingerprint density at radius 1 is 1.40 bits per heavy atom. The Balaban J connectivity index is 1.98. The molecule has 20 heavy (non-hydrogen) atoms. The zero-order valence-corrected chi connectivity index (χ0v) is 12.1. The summed E-state index contributed by atoms with van der Waals surface area (Å²) in [6.45, 7) is 3.80. The Labute approximate surface area is 120 Å². The molecule has 1 aromatic rings. The number of nitrogens with two attached hydrogens (primary N) is 1. The molecule has 4 nitrogen and oxygen atoms in total. The van der Waals surface area contributed by atoms with E-state index in [0.29, 0.717) is 25.6 Å². The standard InChI is InChI=1S/C16H24N2O2/c1-13(15-7-8-15)18(16(19)12-20-10-9-17)11-14-5-3-2-4-6-14/h2-6,13,15H,7-12,17H2,1H3. The van der Waals surface area contributed by atoms with E-state index >= 15 is 0 Å². The molecule has 0 bridgehead atoms. The molecule has 1 saturated carbocycles. The molecule has 0 heterocycles. The molecule has 1 unspecified atom stereocenters.